The minimum Gasteiger partial charge on any atom is -0.497 e. The molecule has 2 fully saturated rings. The van der Waals surface area contributed by atoms with E-state index in [1.54, 1.807) is 7.11 Å². The predicted octanol–water partition coefficient (Wildman–Crippen LogP) is 4.17. The first-order valence-corrected chi connectivity index (χ1v) is 9.04. The fraction of sp³-hybridized carbons (Fsp3) is 0.632. The van der Waals surface area contributed by atoms with Gasteiger partial charge in [0.25, 0.3) is 0 Å². The van der Waals surface area contributed by atoms with Crippen molar-refractivity contribution in [2.24, 2.45) is 16.1 Å². The minimum atomic E-state index is 0. The molecule has 140 valence electrons. The Bertz CT molecular complexity index is 588. The number of benzene rings is 1. The van der Waals surface area contributed by atoms with E-state index in [2.05, 4.69) is 12.2 Å². The summed E-state index contributed by atoms with van der Waals surface area (Å²) in [5, 5.41) is 3.19. The number of ether oxygens (including phenoxy) is 2. The molecule has 2 aliphatic carbocycles. The number of aliphatic imine (C=N–C) groups is 1. The van der Waals surface area contributed by atoms with Gasteiger partial charge in [-0.1, -0.05) is 25.3 Å². The summed E-state index contributed by atoms with van der Waals surface area (Å²) >= 11 is 0. The van der Waals surface area contributed by atoms with Gasteiger partial charge < -0.3 is 20.5 Å². The molecule has 1 aromatic rings. The van der Waals surface area contributed by atoms with Gasteiger partial charge >= 0.3 is 0 Å². The Morgan fingerprint density at radius 3 is 2.76 bits per heavy atom. The molecule has 3 rings (SSSR count). The quantitative estimate of drug-likeness (QED) is 0.394. The van der Waals surface area contributed by atoms with Crippen molar-refractivity contribution in [1.82, 2.24) is 0 Å². The van der Waals surface area contributed by atoms with Crippen molar-refractivity contribution in [3.05, 3.63) is 24.3 Å². The van der Waals surface area contributed by atoms with E-state index in [-0.39, 0.29) is 35.4 Å². The summed E-state index contributed by atoms with van der Waals surface area (Å²) < 4.78 is 11.2. The van der Waals surface area contributed by atoms with Gasteiger partial charge in [-0.2, -0.15) is 0 Å². The summed E-state index contributed by atoms with van der Waals surface area (Å²) in [7, 11) is 1.66. The van der Waals surface area contributed by atoms with Crippen LogP contribution in [0.3, 0.4) is 0 Å². The van der Waals surface area contributed by atoms with Crippen molar-refractivity contribution < 1.29 is 9.47 Å². The van der Waals surface area contributed by atoms with Crippen LogP contribution in [0.1, 0.15) is 45.4 Å². The van der Waals surface area contributed by atoms with Crippen LogP contribution in [0.15, 0.2) is 29.3 Å². The highest BCUT2D eigenvalue weighted by molar-refractivity contribution is 14.0. The summed E-state index contributed by atoms with van der Waals surface area (Å²) in [6, 6.07) is 8.00. The summed E-state index contributed by atoms with van der Waals surface area (Å²) in [5.74, 6) is 1.28. The Labute approximate surface area is 167 Å². The third-order valence-electron chi connectivity index (χ3n) is 5.53. The molecule has 0 aromatic heterocycles. The maximum Gasteiger partial charge on any atom is 0.193 e. The average molecular weight is 459 g/mol. The van der Waals surface area contributed by atoms with Crippen molar-refractivity contribution in [2.75, 3.05) is 19.0 Å². The smallest absolute Gasteiger partial charge is 0.193 e. The zero-order chi connectivity index (χ0) is 17.0. The van der Waals surface area contributed by atoms with Gasteiger partial charge in [0.2, 0.25) is 0 Å². The van der Waals surface area contributed by atoms with Crippen LogP contribution < -0.4 is 15.8 Å². The van der Waals surface area contributed by atoms with Crippen molar-refractivity contribution in [3.8, 4) is 5.75 Å². The van der Waals surface area contributed by atoms with E-state index in [0.717, 1.165) is 24.5 Å². The van der Waals surface area contributed by atoms with E-state index in [4.69, 9.17) is 20.2 Å². The summed E-state index contributed by atoms with van der Waals surface area (Å²) in [5.41, 5.74) is 7.27. The van der Waals surface area contributed by atoms with E-state index in [1.807, 2.05) is 24.3 Å². The molecule has 5 nitrogen and oxygen atoms in total. The van der Waals surface area contributed by atoms with Crippen molar-refractivity contribution in [3.63, 3.8) is 0 Å². The van der Waals surface area contributed by atoms with Crippen molar-refractivity contribution >= 4 is 35.6 Å². The number of rotatable bonds is 5. The summed E-state index contributed by atoms with van der Waals surface area (Å²) in [6.07, 6.45) is 7.62. The zero-order valence-electron chi connectivity index (χ0n) is 15.2. The molecule has 0 radical (unpaired) electrons. The molecule has 2 unspecified atom stereocenters. The lowest BCUT2D eigenvalue weighted by molar-refractivity contribution is -0.139. The lowest BCUT2D eigenvalue weighted by Gasteiger charge is -2.55. The molecule has 1 aromatic carbocycles. The van der Waals surface area contributed by atoms with Crippen molar-refractivity contribution in [2.45, 2.75) is 57.6 Å². The SMILES string of the molecule is CCOC1CC(N=C(N)Nc2cccc(OC)c2)C12CCCCC2.I. The highest BCUT2D eigenvalue weighted by Crippen LogP contribution is 2.54. The van der Waals surface area contributed by atoms with E-state index in [0.29, 0.717) is 12.1 Å². The minimum absolute atomic E-state index is 0. The lowest BCUT2D eigenvalue weighted by atomic mass is 9.55. The second-order valence-electron chi connectivity index (χ2n) is 6.86. The normalized spacial score (nSPS) is 25.0. The molecule has 3 N–H and O–H groups in total. The van der Waals surface area contributed by atoms with Crippen LogP contribution in [0, 0.1) is 5.41 Å². The van der Waals surface area contributed by atoms with Crippen LogP contribution in [-0.4, -0.2) is 31.8 Å². The molecule has 2 aliphatic rings. The summed E-state index contributed by atoms with van der Waals surface area (Å²) in [6.45, 7) is 2.85. The number of anilines is 1. The predicted molar refractivity (Wildman–Crippen MR) is 113 cm³/mol. The Morgan fingerprint density at radius 2 is 2.08 bits per heavy atom. The van der Waals surface area contributed by atoms with E-state index < -0.39 is 0 Å². The van der Waals surface area contributed by atoms with E-state index in [1.165, 1.54) is 32.1 Å². The number of nitrogens with zero attached hydrogens (tertiary/aromatic N) is 1. The monoisotopic (exact) mass is 459 g/mol. The number of nitrogens with two attached hydrogens (primary N) is 1. The Balaban J connectivity index is 0.00000225. The Hall–Kier alpha value is -1.02. The number of guanidine groups is 1. The fourth-order valence-electron chi connectivity index (χ4n) is 4.26. The maximum atomic E-state index is 6.17. The van der Waals surface area contributed by atoms with E-state index in [9.17, 15) is 0 Å². The number of halogens is 1. The lowest BCUT2D eigenvalue weighted by Crippen LogP contribution is -2.58. The molecule has 0 amide bonds. The van der Waals surface area contributed by atoms with Gasteiger partial charge in [-0.25, -0.2) is 4.99 Å². The second-order valence-corrected chi connectivity index (χ2v) is 6.86. The third kappa shape index (κ3) is 4.39. The van der Waals surface area contributed by atoms with Gasteiger partial charge in [-0.3, -0.25) is 0 Å². The van der Waals surface area contributed by atoms with Crippen LogP contribution in [0.25, 0.3) is 0 Å². The Kier molecular flexibility index (Phi) is 7.37. The zero-order valence-corrected chi connectivity index (χ0v) is 17.5. The molecular weight excluding hydrogens is 429 g/mol. The van der Waals surface area contributed by atoms with Gasteiger partial charge in [0.15, 0.2) is 5.96 Å². The molecule has 0 saturated heterocycles. The molecule has 0 aliphatic heterocycles. The number of hydrogen-bond donors (Lipinski definition) is 2. The molecule has 2 saturated carbocycles. The van der Waals surface area contributed by atoms with Crippen LogP contribution in [0.4, 0.5) is 5.69 Å². The number of nitrogens with one attached hydrogen (secondary N) is 1. The van der Waals surface area contributed by atoms with Gasteiger partial charge in [0, 0.05) is 23.8 Å². The molecular formula is C19H30IN3O2. The third-order valence-corrected chi connectivity index (χ3v) is 5.53. The maximum absolute atomic E-state index is 6.17. The van der Waals surface area contributed by atoms with Gasteiger partial charge in [0.05, 0.1) is 19.3 Å². The van der Waals surface area contributed by atoms with Crippen LogP contribution in [0.5, 0.6) is 5.75 Å². The van der Waals surface area contributed by atoms with Crippen LogP contribution >= 0.6 is 24.0 Å². The van der Waals surface area contributed by atoms with E-state index >= 15 is 0 Å². The van der Waals surface area contributed by atoms with Crippen LogP contribution in [-0.2, 0) is 4.74 Å². The first-order chi connectivity index (χ1) is 11.7. The second kappa shape index (κ2) is 9.07. The largest absolute Gasteiger partial charge is 0.497 e. The first kappa shape index (κ1) is 20.3. The molecule has 0 bridgehead atoms. The Morgan fingerprint density at radius 1 is 1.32 bits per heavy atom. The molecule has 6 heteroatoms. The molecule has 1 spiro atoms. The average Bonchev–Trinajstić information content (AvgIpc) is 2.61. The topological polar surface area (TPSA) is 68.9 Å². The standard InChI is InChI=1S/C19H29N3O2.HI/c1-3-24-17-13-16(19(17)10-5-4-6-11-19)22-18(20)21-14-8-7-9-15(12-14)23-2;/h7-9,12,16-17H,3-6,10-11,13H2,1-2H3,(H3,20,21,22);1H. The molecule has 2 atom stereocenters. The van der Waals surface area contributed by atoms with Crippen LogP contribution in [0.2, 0.25) is 0 Å². The number of hydrogen-bond acceptors (Lipinski definition) is 3. The van der Waals surface area contributed by atoms with Gasteiger partial charge in [-0.15, -0.1) is 24.0 Å². The molecule has 0 heterocycles. The fourth-order valence-corrected chi connectivity index (χ4v) is 4.26. The van der Waals surface area contributed by atoms with Gasteiger partial charge in [0.1, 0.15) is 5.75 Å². The number of methoxy groups -OCH3 is 1. The molecule has 25 heavy (non-hydrogen) atoms. The highest BCUT2D eigenvalue weighted by Gasteiger charge is 2.55. The van der Waals surface area contributed by atoms with Gasteiger partial charge in [-0.05, 0) is 38.3 Å². The highest BCUT2D eigenvalue weighted by atomic mass is 127. The summed E-state index contributed by atoms with van der Waals surface area (Å²) in [4.78, 5) is 4.80. The van der Waals surface area contributed by atoms with Crippen molar-refractivity contribution in [1.29, 1.82) is 0 Å². The first-order valence-electron chi connectivity index (χ1n) is 9.04.